The number of nitrogens with zero attached hydrogens (tertiary/aromatic N) is 3. The first-order valence-corrected chi connectivity index (χ1v) is 10.4. The van der Waals surface area contributed by atoms with Gasteiger partial charge in [-0.1, -0.05) is 24.3 Å². The van der Waals surface area contributed by atoms with Crippen molar-refractivity contribution in [3.05, 3.63) is 54.1 Å². The number of piperazine rings is 1. The molecule has 2 aliphatic heterocycles. The molecular weight excluding hydrogens is 380 g/mol. The summed E-state index contributed by atoms with van der Waals surface area (Å²) < 4.78 is 5.60. The third-order valence-electron chi connectivity index (χ3n) is 5.59. The van der Waals surface area contributed by atoms with Gasteiger partial charge in [0.25, 0.3) is 5.91 Å². The van der Waals surface area contributed by atoms with Crippen molar-refractivity contribution in [1.82, 2.24) is 9.80 Å². The minimum absolute atomic E-state index is 0.141. The van der Waals surface area contributed by atoms with E-state index in [0.717, 1.165) is 31.7 Å². The quantitative estimate of drug-likeness (QED) is 0.822. The first-order valence-electron chi connectivity index (χ1n) is 10.4. The standard InChI is InChI=1S/C23H28N4O3/c1-17-23(29)24-20-14-18(8-9-21(20)30-17)15-25(2)16-22(28)27-12-10-26(11-13-27)19-6-4-3-5-7-19/h3-9,14,17H,10-13,15-16H2,1-2H3,(H,24,29). The molecule has 4 rings (SSSR count). The molecular formula is C23H28N4O3. The van der Waals surface area contributed by atoms with Crippen LogP contribution in [0, 0.1) is 0 Å². The van der Waals surface area contributed by atoms with Crippen LogP contribution in [0.5, 0.6) is 5.75 Å². The summed E-state index contributed by atoms with van der Waals surface area (Å²) in [4.78, 5) is 30.8. The molecule has 1 saturated heterocycles. The van der Waals surface area contributed by atoms with Crippen molar-refractivity contribution < 1.29 is 14.3 Å². The molecule has 1 fully saturated rings. The van der Waals surface area contributed by atoms with Gasteiger partial charge in [-0.3, -0.25) is 14.5 Å². The van der Waals surface area contributed by atoms with E-state index in [1.165, 1.54) is 5.69 Å². The molecule has 30 heavy (non-hydrogen) atoms. The van der Waals surface area contributed by atoms with Crippen LogP contribution in [0.25, 0.3) is 0 Å². The van der Waals surface area contributed by atoms with E-state index >= 15 is 0 Å². The second kappa shape index (κ2) is 8.75. The fourth-order valence-corrected chi connectivity index (χ4v) is 3.91. The molecule has 0 spiro atoms. The molecule has 7 nitrogen and oxygen atoms in total. The number of carbonyl (C=O) groups excluding carboxylic acids is 2. The van der Waals surface area contributed by atoms with Crippen molar-refractivity contribution in [1.29, 1.82) is 0 Å². The van der Waals surface area contributed by atoms with Gasteiger partial charge in [-0.15, -0.1) is 0 Å². The monoisotopic (exact) mass is 408 g/mol. The number of ether oxygens (including phenoxy) is 1. The van der Waals surface area contributed by atoms with Crippen LogP contribution in [0.3, 0.4) is 0 Å². The van der Waals surface area contributed by atoms with Crippen LogP contribution in [0.15, 0.2) is 48.5 Å². The van der Waals surface area contributed by atoms with Crippen LogP contribution >= 0.6 is 0 Å². The summed E-state index contributed by atoms with van der Waals surface area (Å²) in [6.07, 6.45) is -0.481. The number of hydrogen-bond donors (Lipinski definition) is 1. The lowest BCUT2D eigenvalue weighted by molar-refractivity contribution is -0.132. The summed E-state index contributed by atoms with van der Waals surface area (Å²) in [5, 5.41) is 2.87. The van der Waals surface area contributed by atoms with Gasteiger partial charge in [0.1, 0.15) is 5.75 Å². The summed E-state index contributed by atoms with van der Waals surface area (Å²) in [5.74, 6) is 0.687. The Balaban J connectivity index is 1.28. The van der Waals surface area contributed by atoms with E-state index in [2.05, 4.69) is 22.3 Å². The lowest BCUT2D eigenvalue weighted by atomic mass is 10.1. The molecule has 2 aliphatic rings. The summed E-state index contributed by atoms with van der Waals surface area (Å²) in [5.41, 5.74) is 2.92. The molecule has 0 radical (unpaired) electrons. The van der Waals surface area contributed by atoms with Crippen molar-refractivity contribution >= 4 is 23.2 Å². The van der Waals surface area contributed by atoms with Crippen molar-refractivity contribution in [3.63, 3.8) is 0 Å². The van der Waals surface area contributed by atoms with Crippen LogP contribution in [-0.4, -0.2) is 67.5 Å². The van der Waals surface area contributed by atoms with Crippen LogP contribution in [0.1, 0.15) is 12.5 Å². The van der Waals surface area contributed by atoms with Gasteiger partial charge in [0.15, 0.2) is 6.10 Å². The predicted octanol–water partition coefficient (Wildman–Crippen LogP) is 2.19. The van der Waals surface area contributed by atoms with E-state index in [0.29, 0.717) is 24.5 Å². The molecule has 158 valence electrons. The minimum atomic E-state index is -0.481. The Morgan fingerprint density at radius 1 is 1.13 bits per heavy atom. The first kappa shape index (κ1) is 20.2. The highest BCUT2D eigenvalue weighted by Crippen LogP contribution is 2.30. The Bertz CT molecular complexity index is 910. The zero-order valence-corrected chi connectivity index (χ0v) is 17.5. The lowest BCUT2D eigenvalue weighted by Gasteiger charge is -2.36. The molecule has 0 aliphatic carbocycles. The Hall–Kier alpha value is -3.06. The number of para-hydroxylation sites is 1. The first-order chi connectivity index (χ1) is 14.5. The van der Waals surface area contributed by atoms with Gasteiger partial charge in [-0.05, 0) is 43.8 Å². The Kier molecular flexibility index (Phi) is 5.90. The maximum atomic E-state index is 12.7. The number of hydrogen-bond acceptors (Lipinski definition) is 5. The SMILES string of the molecule is CC1Oc2ccc(CN(C)CC(=O)N3CCN(c4ccccc4)CC3)cc2NC1=O. The fraction of sp³-hybridized carbons (Fsp3) is 0.391. The number of nitrogens with one attached hydrogen (secondary N) is 1. The zero-order valence-electron chi connectivity index (χ0n) is 17.5. The highest BCUT2D eigenvalue weighted by molar-refractivity contribution is 5.97. The van der Waals surface area contributed by atoms with E-state index in [1.807, 2.05) is 53.2 Å². The lowest BCUT2D eigenvalue weighted by Crippen LogP contribution is -2.51. The molecule has 0 aromatic heterocycles. The van der Waals surface area contributed by atoms with Crippen molar-refractivity contribution in [3.8, 4) is 5.75 Å². The van der Waals surface area contributed by atoms with E-state index in [1.54, 1.807) is 6.92 Å². The van der Waals surface area contributed by atoms with E-state index in [4.69, 9.17) is 4.74 Å². The van der Waals surface area contributed by atoms with Gasteiger partial charge in [-0.25, -0.2) is 0 Å². The van der Waals surface area contributed by atoms with Crippen molar-refractivity contribution in [2.24, 2.45) is 0 Å². The molecule has 1 unspecified atom stereocenters. The van der Waals surface area contributed by atoms with Crippen molar-refractivity contribution in [2.45, 2.75) is 19.6 Å². The predicted molar refractivity (Wildman–Crippen MR) is 117 cm³/mol. The normalized spacial score (nSPS) is 18.6. The largest absolute Gasteiger partial charge is 0.479 e. The van der Waals surface area contributed by atoms with Gasteiger partial charge in [0.05, 0.1) is 12.2 Å². The van der Waals surface area contributed by atoms with Gasteiger partial charge in [0, 0.05) is 38.4 Å². The molecule has 2 amide bonds. The number of rotatable bonds is 5. The van der Waals surface area contributed by atoms with Crippen LogP contribution < -0.4 is 15.0 Å². The van der Waals surface area contributed by atoms with E-state index in [-0.39, 0.29) is 11.8 Å². The summed E-state index contributed by atoms with van der Waals surface area (Å²) in [7, 11) is 1.94. The van der Waals surface area contributed by atoms with Gasteiger partial charge in [0.2, 0.25) is 5.91 Å². The zero-order chi connectivity index (χ0) is 21.1. The van der Waals surface area contributed by atoms with E-state index < -0.39 is 6.10 Å². The van der Waals surface area contributed by atoms with Crippen molar-refractivity contribution in [2.75, 3.05) is 50.0 Å². The summed E-state index contributed by atoms with van der Waals surface area (Å²) in [6, 6.07) is 16.1. The summed E-state index contributed by atoms with van der Waals surface area (Å²) >= 11 is 0. The maximum Gasteiger partial charge on any atom is 0.265 e. The number of carbonyl (C=O) groups is 2. The molecule has 1 atom stereocenters. The Morgan fingerprint density at radius 3 is 2.60 bits per heavy atom. The number of anilines is 2. The molecule has 7 heteroatoms. The second-order valence-electron chi connectivity index (χ2n) is 7.96. The number of fused-ring (bicyclic) bond motifs is 1. The van der Waals surface area contributed by atoms with Gasteiger partial charge in [-0.2, -0.15) is 0 Å². The average Bonchev–Trinajstić information content (AvgIpc) is 2.75. The molecule has 1 N–H and O–H groups in total. The number of amides is 2. The molecule has 2 heterocycles. The number of likely N-dealkylation sites (N-methyl/N-ethyl adjacent to an activating group) is 1. The van der Waals surface area contributed by atoms with Crippen LogP contribution in [0.4, 0.5) is 11.4 Å². The molecule has 2 aromatic carbocycles. The number of benzene rings is 2. The average molecular weight is 409 g/mol. The third-order valence-corrected chi connectivity index (χ3v) is 5.59. The van der Waals surface area contributed by atoms with Crippen LogP contribution in [0.2, 0.25) is 0 Å². The fourth-order valence-electron chi connectivity index (χ4n) is 3.91. The van der Waals surface area contributed by atoms with Crippen LogP contribution in [-0.2, 0) is 16.1 Å². The molecule has 0 bridgehead atoms. The Morgan fingerprint density at radius 2 is 1.87 bits per heavy atom. The van der Waals surface area contributed by atoms with E-state index in [9.17, 15) is 9.59 Å². The molecule has 2 aromatic rings. The summed E-state index contributed by atoms with van der Waals surface area (Å²) in [6.45, 7) is 5.89. The second-order valence-corrected chi connectivity index (χ2v) is 7.96. The van der Waals surface area contributed by atoms with Gasteiger partial charge >= 0.3 is 0 Å². The smallest absolute Gasteiger partial charge is 0.265 e. The highest BCUT2D eigenvalue weighted by atomic mass is 16.5. The maximum absolute atomic E-state index is 12.7. The topological polar surface area (TPSA) is 65.1 Å². The molecule has 0 saturated carbocycles. The highest BCUT2D eigenvalue weighted by Gasteiger charge is 2.24. The third kappa shape index (κ3) is 4.57. The Labute approximate surface area is 177 Å². The minimum Gasteiger partial charge on any atom is -0.479 e. The van der Waals surface area contributed by atoms with Gasteiger partial charge < -0.3 is 19.9 Å².